The number of thiazole rings is 1. The zero-order chi connectivity index (χ0) is 26.2. The molecule has 1 atom stereocenters. The van der Waals surface area contributed by atoms with Gasteiger partial charge in [0.25, 0.3) is 5.91 Å². The number of thiophene rings is 1. The molecule has 0 saturated heterocycles. The lowest BCUT2D eigenvalue weighted by Gasteiger charge is -2.22. The highest BCUT2D eigenvalue weighted by molar-refractivity contribution is 7.89. The number of quaternary nitrogens is 1. The van der Waals surface area contributed by atoms with Gasteiger partial charge in [0.2, 0.25) is 10.0 Å². The van der Waals surface area contributed by atoms with Crippen LogP contribution in [-0.2, 0) is 23.0 Å². The Morgan fingerprint density at radius 1 is 1.05 bits per heavy atom. The van der Waals surface area contributed by atoms with Crippen LogP contribution in [-0.4, -0.2) is 49.8 Å². The Balaban J connectivity index is 1.48. The number of anilines is 1. The number of aromatic nitrogens is 1. The van der Waals surface area contributed by atoms with Crippen molar-refractivity contribution in [3.05, 3.63) is 64.5 Å². The number of fused-ring (bicyclic) bond motifs is 2. The largest absolute Gasteiger partial charge is 0.330 e. The molecule has 2 aromatic heterocycles. The van der Waals surface area contributed by atoms with Gasteiger partial charge in [-0.25, -0.2) is 13.4 Å². The van der Waals surface area contributed by atoms with Crippen LogP contribution in [0.2, 0.25) is 0 Å². The quantitative estimate of drug-likeness (QED) is 0.340. The summed E-state index contributed by atoms with van der Waals surface area (Å²) in [4.78, 5) is 21.3. The zero-order valence-electron chi connectivity index (χ0n) is 21.2. The molecule has 1 amide bonds. The lowest BCUT2D eigenvalue weighted by Crippen LogP contribution is -3.11. The fraction of sp³-hybridized carbons (Fsp3) is 0.333. The van der Waals surface area contributed by atoms with Crippen LogP contribution in [0.3, 0.4) is 0 Å². The summed E-state index contributed by atoms with van der Waals surface area (Å²) in [5, 5.41) is 4.88. The SMILES string of the molecule is CCN(CC)S(=O)(=O)c1ccc(C(=O)Nc2sc3c(c2-c2nc4ccccc4s2)CC[NH+](CC)C3)cc1. The van der Waals surface area contributed by atoms with Crippen LogP contribution in [0.15, 0.2) is 53.4 Å². The van der Waals surface area contributed by atoms with Crippen molar-refractivity contribution < 1.29 is 18.1 Å². The van der Waals surface area contributed by atoms with Crippen LogP contribution in [0, 0.1) is 0 Å². The molecule has 1 aliphatic rings. The number of hydrogen-bond acceptors (Lipinski definition) is 6. The van der Waals surface area contributed by atoms with Crippen molar-refractivity contribution in [1.29, 1.82) is 0 Å². The first kappa shape index (κ1) is 26.0. The fourth-order valence-electron chi connectivity index (χ4n) is 4.80. The van der Waals surface area contributed by atoms with Gasteiger partial charge >= 0.3 is 0 Å². The summed E-state index contributed by atoms with van der Waals surface area (Å²) in [6.45, 7) is 9.71. The Morgan fingerprint density at radius 2 is 1.78 bits per heavy atom. The van der Waals surface area contributed by atoms with Crippen LogP contribution in [0.1, 0.15) is 41.6 Å². The highest BCUT2D eigenvalue weighted by Crippen LogP contribution is 2.44. The molecule has 0 saturated carbocycles. The Morgan fingerprint density at radius 3 is 2.46 bits per heavy atom. The molecular weight excluding hydrogens is 525 g/mol. The lowest BCUT2D eigenvalue weighted by molar-refractivity contribution is -0.913. The highest BCUT2D eigenvalue weighted by Gasteiger charge is 2.29. The van der Waals surface area contributed by atoms with Gasteiger partial charge < -0.3 is 10.2 Å². The zero-order valence-corrected chi connectivity index (χ0v) is 23.7. The summed E-state index contributed by atoms with van der Waals surface area (Å²) in [6.07, 6.45) is 0.952. The summed E-state index contributed by atoms with van der Waals surface area (Å²) in [5.74, 6) is -0.257. The molecule has 37 heavy (non-hydrogen) atoms. The average Bonchev–Trinajstić information content (AvgIpc) is 3.49. The third kappa shape index (κ3) is 4.96. The van der Waals surface area contributed by atoms with E-state index in [0.717, 1.165) is 51.8 Å². The number of likely N-dealkylation sites (N-methyl/N-ethyl adjacent to an activating group) is 1. The molecule has 4 aromatic rings. The summed E-state index contributed by atoms with van der Waals surface area (Å²) in [6, 6.07) is 14.3. The van der Waals surface area contributed by atoms with E-state index < -0.39 is 10.0 Å². The molecule has 2 N–H and O–H groups in total. The first-order chi connectivity index (χ1) is 17.8. The molecule has 10 heteroatoms. The Labute approximate surface area is 225 Å². The van der Waals surface area contributed by atoms with Crippen molar-refractivity contribution in [2.45, 2.75) is 38.6 Å². The summed E-state index contributed by atoms with van der Waals surface area (Å²) < 4.78 is 28.2. The van der Waals surface area contributed by atoms with E-state index in [4.69, 9.17) is 4.98 Å². The Kier molecular flexibility index (Phi) is 7.46. The second kappa shape index (κ2) is 10.6. The molecule has 194 valence electrons. The second-order valence-electron chi connectivity index (χ2n) is 9.04. The highest BCUT2D eigenvalue weighted by atomic mass is 32.2. The maximum Gasteiger partial charge on any atom is 0.256 e. The minimum absolute atomic E-state index is 0.192. The van der Waals surface area contributed by atoms with E-state index in [-0.39, 0.29) is 10.8 Å². The normalized spacial score (nSPS) is 15.7. The maximum absolute atomic E-state index is 13.3. The van der Waals surface area contributed by atoms with E-state index in [2.05, 4.69) is 18.3 Å². The molecule has 0 bridgehead atoms. The van der Waals surface area contributed by atoms with E-state index in [1.54, 1.807) is 34.8 Å². The number of para-hydroxylation sites is 1. The smallest absolute Gasteiger partial charge is 0.256 e. The van der Waals surface area contributed by atoms with Gasteiger partial charge in [-0.1, -0.05) is 26.0 Å². The molecule has 0 radical (unpaired) electrons. The van der Waals surface area contributed by atoms with Gasteiger partial charge in [0.1, 0.15) is 16.6 Å². The standard InChI is InChI=1S/C27H30N4O3S3/c1-4-30-16-15-20-23(17-30)36-27(24(20)26-28-21-9-7-8-10-22(21)35-26)29-25(32)18-11-13-19(14-12-18)37(33,34)31(5-2)6-3/h7-14H,4-6,15-17H2,1-3H3,(H,29,32)/p+1. The minimum Gasteiger partial charge on any atom is -0.330 e. The topological polar surface area (TPSA) is 83.8 Å². The van der Waals surface area contributed by atoms with Crippen molar-refractivity contribution in [2.24, 2.45) is 0 Å². The van der Waals surface area contributed by atoms with Crippen LogP contribution >= 0.6 is 22.7 Å². The second-order valence-corrected chi connectivity index (χ2v) is 13.1. The summed E-state index contributed by atoms with van der Waals surface area (Å²) >= 11 is 3.29. The molecular formula is C27H31N4O3S3+. The molecule has 2 aromatic carbocycles. The van der Waals surface area contributed by atoms with Crippen LogP contribution in [0.25, 0.3) is 20.8 Å². The number of hydrogen-bond donors (Lipinski definition) is 2. The van der Waals surface area contributed by atoms with Crippen molar-refractivity contribution >= 4 is 53.8 Å². The number of carbonyl (C=O) groups is 1. The Bertz CT molecular complexity index is 1500. The summed E-state index contributed by atoms with van der Waals surface area (Å²) in [5.41, 5.74) is 3.70. The molecule has 5 rings (SSSR count). The molecule has 7 nitrogen and oxygen atoms in total. The van der Waals surface area contributed by atoms with Gasteiger partial charge in [-0.15, -0.1) is 22.7 Å². The monoisotopic (exact) mass is 555 g/mol. The molecule has 1 unspecified atom stereocenters. The third-order valence-corrected chi connectivity index (χ3v) is 11.2. The Hall–Kier alpha value is -2.63. The van der Waals surface area contributed by atoms with Gasteiger partial charge in [-0.05, 0) is 48.9 Å². The van der Waals surface area contributed by atoms with Crippen LogP contribution < -0.4 is 10.2 Å². The number of nitrogens with zero attached hydrogens (tertiary/aromatic N) is 2. The minimum atomic E-state index is -3.57. The van der Waals surface area contributed by atoms with E-state index in [1.165, 1.54) is 31.8 Å². The molecule has 1 aliphatic heterocycles. The van der Waals surface area contributed by atoms with Gasteiger partial charge in [-0.3, -0.25) is 4.79 Å². The van der Waals surface area contributed by atoms with E-state index in [1.807, 2.05) is 32.0 Å². The fourth-order valence-corrected chi connectivity index (χ4v) is 8.68. The van der Waals surface area contributed by atoms with Gasteiger partial charge in [0, 0.05) is 30.6 Å². The van der Waals surface area contributed by atoms with E-state index in [9.17, 15) is 13.2 Å². The number of carbonyl (C=O) groups excluding carboxylic acids is 1. The number of benzene rings is 2. The van der Waals surface area contributed by atoms with Crippen molar-refractivity contribution in [1.82, 2.24) is 9.29 Å². The predicted octanol–water partition coefficient (Wildman–Crippen LogP) is 4.27. The lowest BCUT2D eigenvalue weighted by atomic mass is 10.0. The van der Waals surface area contributed by atoms with E-state index in [0.29, 0.717) is 18.7 Å². The summed E-state index contributed by atoms with van der Waals surface area (Å²) in [7, 11) is -3.57. The number of nitrogens with one attached hydrogen (secondary N) is 2. The van der Waals surface area contributed by atoms with Crippen molar-refractivity contribution in [3.8, 4) is 10.6 Å². The van der Waals surface area contributed by atoms with Gasteiger partial charge in [-0.2, -0.15) is 4.31 Å². The number of sulfonamides is 1. The van der Waals surface area contributed by atoms with Crippen molar-refractivity contribution in [3.63, 3.8) is 0 Å². The van der Waals surface area contributed by atoms with Crippen LogP contribution in [0.4, 0.5) is 5.00 Å². The number of amides is 1. The first-order valence-corrected chi connectivity index (χ1v) is 15.7. The maximum atomic E-state index is 13.3. The van der Waals surface area contributed by atoms with E-state index >= 15 is 0 Å². The van der Waals surface area contributed by atoms with Gasteiger partial charge in [0.15, 0.2) is 0 Å². The van der Waals surface area contributed by atoms with Crippen molar-refractivity contribution in [2.75, 3.05) is 31.5 Å². The molecule has 0 aliphatic carbocycles. The average molecular weight is 556 g/mol. The molecule has 0 fully saturated rings. The number of rotatable bonds is 8. The first-order valence-electron chi connectivity index (χ1n) is 12.6. The predicted molar refractivity (Wildman–Crippen MR) is 151 cm³/mol. The molecule has 0 spiro atoms. The van der Waals surface area contributed by atoms with Crippen LogP contribution in [0.5, 0.6) is 0 Å². The third-order valence-electron chi connectivity index (χ3n) is 6.92. The molecule has 3 heterocycles. The van der Waals surface area contributed by atoms with Gasteiger partial charge in [0.05, 0.1) is 33.1 Å².